The number of likely N-dealkylation sites (tertiary alicyclic amines) is 1. The number of carbonyl (C=O) groups excluding carboxylic acids is 1. The molecule has 1 aromatic rings. The Kier molecular flexibility index (Phi) is 7.25. The first-order valence-corrected chi connectivity index (χ1v) is 10.2. The SMILES string of the molecule is CN=C(NCc1cc(Cl)c2c(c1)OCCCO2)N1CCC(CC(=O)NC)CC1. The van der Waals surface area contributed by atoms with E-state index in [0.29, 0.717) is 48.6 Å². The summed E-state index contributed by atoms with van der Waals surface area (Å²) in [6.07, 6.45) is 3.43. The van der Waals surface area contributed by atoms with E-state index in [1.54, 1.807) is 14.1 Å². The van der Waals surface area contributed by atoms with Crippen molar-refractivity contribution in [3.63, 3.8) is 0 Å². The Morgan fingerprint density at radius 2 is 2.04 bits per heavy atom. The van der Waals surface area contributed by atoms with E-state index in [4.69, 9.17) is 21.1 Å². The van der Waals surface area contributed by atoms with E-state index < -0.39 is 0 Å². The van der Waals surface area contributed by atoms with E-state index in [1.165, 1.54) is 0 Å². The maximum Gasteiger partial charge on any atom is 0.220 e. The van der Waals surface area contributed by atoms with Crippen LogP contribution in [-0.4, -0.2) is 57.2 Å². The topological polar surface area (TPSA) is 75.2 Å². The van der Waals surface area contributed by atoms with Gasteiger partial charge in [-0.05, 0) is 36.5 Å². The van der Waals surface area contributed by atoms with Gasteiger partial charge in [0.1, 0.15) is 0 Å². The fourth-order valence-corrected chi connectivity index (χ4v) is 3.90. The molecule has 0 atom stereocenters. The molecule has 1 saturated heterocycles. The van der Waals surface area contributed by atoms with Crippen LogP contribution in [0.5, 0.6) is 11.5 Å². The van der Waals surface area contributed by atoms with E-state index in [1.807, 2.05) is 12.1 Å². The van der Waals surface area contributed by atoms with Crippen molar-refractivity contribution < 1.29 is 14.3 Å². The molecule has 1 amide bonds. The summed E-state index contributed by atoms with van der Waals surface area (Å²) in [5.74, 6) is 2.75. The molecule has 8 heteroatoms. The number of hydrogen-bond donors (Lipinski definition) is 2. The van der Waals surface area contributed by atoms with Crippen molar-refractivity contribution in [1.29, 1.82) is 0 Å². The minimum Gasteiger partial charge on any atom is -0.489 e. The molecule has 2 N–H and O–H groups in total. The van der Waals surface area contributed by atoms with E-state index in [9.17, 15) is 4.79 Å². The summed E-state index contributed by atoms with van der Waals surface area (Å²) in [4.78, 5) is 18.2. The number of nitrogens with zero attached hydrogens (tertiary/aromatic N) is 2. The van der Waals surface area contributed by atoms with Crippen LogP contribution in [0.4, 0.5) is 0 Å². The Bertz CT molecular complexity index is 718. The molecule has 0 aromatic heterocycles. The fraction of sp³-hybridized carbons (Fsp3) is 0.600. The van der Waals surface area contributed by atoms with E-state index in [-0.39, 0.29) is 5.91 Å². The number of piperidine rings is 1. The Morgan fingerprint density at radius 3 is 2.75 bits per heavy atom. The summed E-state index contributed by atoms with van der Waals surface area (Å²) in [5, 5.41) is 6.69. The maximum absolute atomic E-state index is 11.6. The molecule has 7 nitrogen and oxygen atoms in total. The monoisotopic (exact) mass is 408 g/mol. The van der Waals surface area contributed by atoms with E-state index in [0.717, 1.165) is 43.9 Å². The molecule has 3 rings (SSSR count). The van der Waals surface area contributed by atoms with Gasteiger partial charge in [-0.25, -0.2) is 0 Å². The number of benzene rings is 1. The third-order valence-corrected chi connectivity index (χ3v) is 5.47. The van der Waals surface area contributed by atoms with Crippen molar-refractivity contribution in [2.75, 3.05) is 40.4 Å². The largest absolute Gasteiger partial charge is 0.489 e. The third kappa shape index (κ3) is 5.22. The highest BCUT2D eigenvalue weighted by molar-refractivity contribution is 6.32. The normalized spacial score (nSPS) is 17.8. The molecule has 0 bridgehead atoms. The van der Waals surface area contributed by atoms with Crippen LogP contribution in [0, 0.1) is 5.92 Å². The highest BCUT2D eigenvalue weighted by Gasteiger charge is 2.23. The summed E-state index contributed by atoms with van der Waals surface area (Å²) < 4.78 is 11.4. The summed E-state index contributed by atoms with van der Waals surface area (Å²) in [6.45, 7) is 3.63. The summed E-state index contributed by atoms with van der Waals surface area (Å²) in [5.41, 5.74) is 1.02. The highest BCUT2D eigenvalue weighted by Crippen LogP contribution is 2.38. The second-order valence-electron chi connectivity index (χ2n) is 7.16. The summed E-state index contributed by atoms with van der Waals surface area (Å²) >= 11 is 6.38. The quantitative estimate of drug-likeness (QED) is 0.591. The number of ether oxygens (including phenoxy) is 2. The molecule has 0 aliphatic carbocycles. The minimum absolute atomic E-state index is 0.118. The fourth-order valence-electron chi connectivity index (χ4n) is 3.61. The van der Waals surface area contributed by atoms with Crippen LogP contribution >= 0.6 is 11.6 Å². The molecule has 0 radical (unpaired) electrons. The second-order valence-corrected chi connectivity index (χ2v) is 7.57. The zero-order valence-electron chi connectivity index (χ0n) is 16.6. The highest BCUT2D eigenvalue weighted by atomic mass is 35.5. The first-order valence-electron chi connectivity index (χ1n) is 9.85. The van der Waals surface area contributed by atoms with Gasteiger partial charge < -0.3 is 25.0 Å². The molecule has 0 unspecified atom stereocenters. The van der Waals surface area contributed by atoms with E-state index in [2.05, 4.69) is 20.5 Å². The predicted octanol–water partition coefficient (Wildman–Crippen LogP) is 2.42. The smallest absolute Gasteiger partial charge is 0.220 e. The zero-order valence-corrected chi connectivity index (χ0v) is 17.3. The number of amides is 1. The first-order chi connectivity index (χ1) is 13.6. The van der Waals surface area contributed by atoms with Gasteiger partial charge in [-0.3, -0.25) is 9.79 Å². The van der Waals surface area contributed by atoms with Gasteiger partial charge in [-0.2, -0.15) is 0 Å². The lowest BCUT2D eigenvalue weighted by molar-refractivity contribution is -0.121. The van der Waals surface area contributed by atoms with Crippen molar-refractivity contribution in [2.24, 2.45) is 10.9 Å². The maximum atomic E-state index is 11.6. The number of aliphatic imine (C=N–C) groups is 1. The standard InChI is InChI=1S/C20H29ClN4O3/c1-22-18(26)12-14-4-6-25(7-5-14)20(23-2)24-13-15-10-16(21)19-17(11-15)27-8-3-9-28-19/h10-11,14H,3-9,12-13H2,1-2H3,(H,22,26)(H,23,24). The van der Waals surface area contributed by atoms with Crippen molar-refractivity contribution >= 4 is 23.5 Å². The Balaban J connectivity index is 1.56. The molecule has 154 valence electrons. The van der Waals surface area contributed by atoms with Crippen molar-refractivity contribution in [3.05, 3.63) is 22.7 Å². The van der Waals surface area contributed by atoms with Crippen molar-refractivity contribution in [2.45, 2.75) is 32.2 Å². The minimum atomic E-state index is 0.118. The van der Waals surface area contributed by atoms with Gasteiger partial charge in [0.15, 0.2) is 17.5 Å². The molecule has 2 heterocycles. The Hall–Kier alpha value is -2.15. The van der Waals surface area contributed by atoms with Crippen molar-refractivity contribution in [3.8, 4) is 11.5 Å². The molecule has 1 aromatic carbocycles. The molecular weight excluding hydrogens is 380 g/mol. The summed E-state index contributed by atoms with van der Waals surface area (Å²) in [6, 6.07) is 3.88. The lowest BCUT2D eigenvalue weighted by atomic mass is 9.93. The molecule has 1 fully saturated rings. The number of fused-ring (bicyclic) bond motifs is 1. The van der Waals surface area contributed by atoms with Gasteiger partial charge in [0, 0.05) is 46.6 Å². The second kappa shape index (κ2) is 9.87. The average Bonchev–Trinajstić information content (AvgIpc) is 2.95. The predicted molar refractivity (Wildman–Crippen MR) is 110 cm³/mol. The van der Waals surface area contributed by atoms with E-state index >= 15 is 0 Å². The van der Waals surface area contributed by atoms with Gasteiger partial charge >= 0.3 is 0 Å². The Morgan fingerprint density at radius 1 is 1.29 bits per heavy atom. The van der Waals surface area contributed by atoms with Gasteiger partial charge in [-0.15, -0.1) is 0 Å². The molecule has 2 aliphatic heterocycles. The Labute approximate surface area is 171 Å². The van der Waals surface area contributed by atoms with Crippen LogP contribution < -0.4 is 20.1 Å². The zero-order chi connectivity index (χ0) is 19.9. The first kappa shape index (κ1) is 20.6. The van der Waals surface area contributed by atoms with Gasteiger partial charge in [-0.1, -0.05) is 11.6 Å². The van der Waals surface area contributed by atoms with Gasteiger partial charge in [0.2, 0.25) is 5.91 Å². The van der Waals surface area contributed by atoms with Crippen LogP contribution in [-0.2, 0) is 11.3 Å². The molecular formula is C20H29ClN4O3. The van der Waals surface area contributed by atoms with Gasteiger partial charge in [0.25, 0.3) is 0 Å². The number of nitrogens with one attached hydrogen (secondary N) is 2. The van der Waals surface area contributed by atoms with Crippen LogP contribution in [0.1, 0.15) is 31.2 Å². The third-order valence-electron chi connectivity index (χ3n) is 5.19. The summed E-state index contributed by atoms with van der Waals surface area (Å²) in [7, 11) is 3.48. The molecule has 28 heavy (non-hydrogen) atoms. The number of hydrogen-bond acceptors (Lipinski definition) is 4. The average molecular weight is 409 g/mol. The number of rotatable bonds is 4. The lowest BCUT2D eigenvalue weighted by Gasteiger charge is -2.34. The van der Waals surface area contributed by atoms with Crippen LogP contribution in [0.25, 0.3) is 0 Å². The number of guanidine groups is 1. The lowest BCUT2D eigenvalue weighted by Crippen LogP contribution is -2.45. The molecule has 0 spiro atoms. The molecule has 2 aliphatic rings. The van der Waals surface area contributed by atoms with Crippen LogP contribution in [0.2, 0.25) is 5.02 Å². The molecule has 0 saturated carbocycles. The number of halogens is 1. The van der Waals surface area contributed by atoms with Crippen LogP contribution in [0.15, 0.2) is 17.1 Å². The van der Waals surface area contributed by atoms with Crippen LogP contribution in [0.3, 0.4) is 0 Å². The van der Waals surface area contributed by atoms with Gasteiger partial charge in [0.05, 0.1) is 18.2 Å². The number of carbonyl (C=O) groups is 1. The van der Waals surface area contributed by atoms with Crippen molar-refractivity contribution in [1.82, 2.24) is 15.5 Å².